The van der Waals surface area contributed by atoms with Crippen molar-refractivity contribution in [3.63, 3.8) is 0 Å². The topological polar surface area (TPSA) is 75.3 Å². The van der Waals surface area contributed by atoms with Crippen LogP contribution in [0.25, 0.3) is 0 Å². The first-order valence-electron chi connectivity index (χ1n) is 6.85. The molecule has 1 aliphatic heterocycles. The highest BCUT2D eigenvalue weighted by atomic mass is 32.2. The summed E-state index contributed by atoms with van der Waals surface area (Å²) in [6.45, 7) is 3.67. The van der Waals surface area contributed by atoms with Gasteiger partial charge in [0.2, 0.25) is 15.9 Å². The van der Waals surface area contributed by atoms with Crippen LogP contribution in [0.2, 0.25) is 0 Å². The number of sulfonamides is 1. The van der Waals surface area contributed by atoms with Crippen LogP contribution < -0.4 is 10.0 Å². The van der Waals surface area contributed by atoms with Crippen LogP contribution in [0.1, 0.15) is 38.2 Å². The van der Waals surface area contributed by atoms with Gasteiger partial charge in [-0.25, -0.2) is 13.1 Å². The fraction of sp³-hybridized carbons (Fsp3) is 0.500. The highest BCUT2D eigenvalue weighted by Gasteiger charge is 2.32. The van der Waals surface area contributed by atoms with Crippen LogP contribution >= 0.6 is 0 Å². The van der Waals surface area contributed by atoms with E-state index in [9.17, 15) is 13.2 Å². The molecular formula is C14H18N2O3S. The van der Waals surface area contributed by atoms with E-state index >= 15 is 0 Å². The second-order valence-electron chi connectivity index (χ2n) is 5.71. The van der Waals surface area contributed by atoms with Gasteiger partial charge in [-0.05, 0) is 56.4 Å². The summed E-state index contributed by atoms with van der Waals surface area (Å²) in [6.07, 6.45) is 2.17. The molecule has 1 aromatic carbocycles. The summed E-state index contributed by atoms with van der Waals surface area (Å²) in [4.78, 5) is 11.8. The molecule has 0 aromatic heterocycles. The summed E-state index contributed by atoms with van der Waals surface area (Å²) in [5, 5.41) is 2.74. The number of benzene rings is 1. The van der Waals surface area contributed by atoms with Crippen molar-refractivity contribution >= 4 is 21.6 Å². The molecule has 0 unspecified atom stereocenters. The van der Waals surface area contributed by atoms with Crippen LogP contribution in [0, 0.1) is 5.92 Å². The summed E-state index contributed by atoms with van der Waals surface area (Å²) in [5.41, 5.74) is 1.45. The van der Waals surface area contributed by atoms with Crippen molar-refractivity contribution in [3.8, 4) is 0 Å². The van der Waals surface area contributed by atoms with Gasteiger partial charge in [0.1, 0.15) is 0 Å². The molecule has 2 aliphatic rings. The van der Waals surface area contributed by atoms with E-state index in [4.69, 9.17) is 0 Å². The third-order valence-corrected chi connectivity index (χ3v) is 5.68. The maximum Gasteiger partial charge on any atom is 0.240 e. The third-order valence-electron chi connectivity index (χ3n) is 4.12. The Morgan fingerprint density at radius 1 is 1.35 bits per heavy atom. The molecule has 6 heteroatoms. The van der Waals surface area contributed by atoms with Crippen molar-refractivity contribution < 1.29 is 13.2 Å². The van der Waals surface area contributed by atoms with Crippen LogP contribution in [-0.2, 0) is 14.8 Å². The molecule has 1 saturated carbocycles. The van der Waals surface area contributed by atoms with Gasteiger partial charge in [0, 0.05) is 11.7 Å². The van der Waals surface area contributed by atoms with Crippen LogP contribution in [-0.4, -0.2) is 20.4 Å². The molecule has 0 saturated heterocycles. The minimum Gasteiger partial charge on any atom is -0.325 e. The highest BCUT2D eigenvalue weighted by Crippen LogP contribution is 2.35. The number of carbonyl (C=O) groups excluding carboxylic acids is 1. The number of hydrogen-bond acceptors (Lipinski definition) is 3. The Balaban J connectivity index is 1.89. The summed E-state index contributed by atoms with van der Waals surface area (Å²) < 4.78 is 27.4. The van der Waals surface area contributed by atoms with Crippen molar-refractivity contribution in [3.05, 3.63) is 23.8 Å². The maximum absolute atomic E-state index is 12.3. The molecule has 5 nitrogen and oxygen atoms in total. The van der Waals surface area contributed by atoms with Gasteiger partial charge < -0.3 is 5.32 Å². The summed E-state index contributed by atoms with van der Waals surface area (Å²) >= 11 is 0. The van der Waals surface area contributed by atoms with Gasteiger partial charge in [0.05, 0.1) is 10.8 Å². The van der Waals surface area contributed by atoms with E-state index in [-0.39, 0.29) is 22.8 Å². The van der Waals surface area contributed by atoms with Gasteiger partial charge in [0.25, 0.3) is 0 Å². The number of anilines is 1. The molecule has 1 amide bonds. The lowest BCUT2D eigenvalue weighted by Gasteiger charge is -2.14. The van der Waals surface area contributed by atoms with Gasteiger partial charge >= 0.3 is 0 Å². The number of carbonyl (C=O) groups is 1. The average molecular weight is 294 g/mol. The standard InChI is InChI=1S/C14H18N2O3S/c1-8-12-7-11(5-6-13(12)15-14(8)17)20(18,19)16-9(2)10-3-4-10/h5-10,16H,3-4H2,1-2H3,(H,15,17)/t8-,9+/m1/s1. The summed E-state index contributed by atoms with van der Waals surface area (Å²) in [6, 6.07) is 4.76. The monoisotopic (exact) mass is 294 g/mol. The Morgan fingerprint density at radius 3 is 2.70 bits per heavy atom. The maximum atomic E-state index is 12.3. The smallest absolute Gasteiger partial charge is 0.240 e. The van der Waals surface area contributed by atoms with E-state index in [0.29, 0.717) is 11.6 Å². The normalized spacial score (nSPS) is 23.3. The van der Waals surface area contributed by atoms with E-state index in [1.807, 2.05) is 6.92 Å². The first-order valence-corrected chi connectivity index (χ1v) is 8.34. The van der Waals surface area contributed by atoms with Crippen molar-refractivity contribution in [2.45, 2.75) is 43.5 Å². The minimum atomic E-state index is -3.52. The third kappa shape index (κ3) is 2.33. The van der Waals surface area contributed by atoms with Crippen LogP contribution in [0.15, 0.2) is 23.1 Å². The molecule has 1 aliphatic carbocycles. The van der Waals surface area contributed by atoms with Gasteiger partial charge in [-0.3, -0.25) is 4.79 Å². The van der Waals surface area contributed by atoms with E-state index in [2.05, 4.69) is 10.0 Å². The number of hydrogen-bond donors (Lipinski definition) is 2. The molecule has 108 valence electrons. The van der Waals surface area contributed by atoms with Crippen LogP contribution in [0.5, 0.6) is 0 Å². The van der Waals surface area contributed by atoms with Crippen molar-refractivity contribution in [2.75, 3.05) is 5.32 Å². The Morgan fingerprint density at radius 2 is 2.05 bits per heavy atom. The Bertz CT molecular complexity index is 665. The van der Waals surface area contributed by atoms with Crippen molar-refractivity contribution in [1.82, 2.24) is 4.72 Å². The average Bonchev–Trinajstić information content (AvgIpc) is 3.18. The molecule has 2 N–H and O–H groups in total. The molecule has 1 fully saturated rings. The molecule has 2 atom stereocenters. The quantitative estimate of drug-likeness (QED) is 0.889. The fourth-order valence-corrected chi connectivity index (χ4v) is 3.91. The Labute approximate surface area is 118 Å². The molecule has 1 aromatic rings. The van der Waals surface area contributed by atoms with Crippen molar-refractivity contribution in [1.29, 1.82) is 0 Å². The first kappa shape index (κ1) is 13.6. The zero-order valence-electron chi connectivity index (χ0n) is 11.5. The predicted octanol–water partition coefficient (Wildman–Crippen LogP) is 1.82. The zero-order chi connectivity index (χ0) is 14.5. The molecule has 20 heavy (non-hydrogen) atoms. The molecule has 1 heterocycles. The molecule has 0 spiro atoms. The predicted molar refractivity (Wildman–Crippen MR) is 76.0 cm³/mol. The summed E-state index contributed by atoms with van der Waals surface area (Å²) in [7, 11) is -3.52. The highest BCUT2D eigenvalue weighted by molar-refractivity contribution is 7.89. The number of fused-ring (bicyclic) bond motifs is 1. The van der Waals surface area contributed by atoms with Gasteiger partial charge in [0.15, 0.2) is 0 Å². The molecule has 0 bridgehead atoms. The number of amides is 1. The zero-order valence-corrected chi connectivity index (χ0v) is 12.3. The van der Waals surface area contributed by atoms with E-state index < -0.39 is 10.0 Å². The lowest BCUT2D eigenvalue weighted by molar-refractivity contribution is -0.116. The fourth-order valence-electron chi connectivity index (χ4n) is 2.57. The second kappa shape index (κ2) is 4.56. The Hall–Kier alpha value is -1.40. The number of rotatable bonds is 4. The van der Waals surface area contributed by atoms with Gasteiger partial charge in [-0.1, -0.05) is 0 Å². The molecule has 3 rings (SSSR count). The lowest BCUT2D eigenvalue weighted by Crippen LogP contribution is -2.34. The lowest BCUT2D eigenvalue weighted by atomic mass is 10.0. The Kier molecular flexibility index (Phi) is 3.10. The minimum absolute atomic E-state index is 0.0366. The SMILES string of the molecule is C[C@H](NS(=O)(=O)c1ccc2c(c1)[C@@H](C)C(=O)N2)C1CC1. The number of nitrogens with one attached hydrogen (secondary N) is 2. The largest absolute Gasteiger partial charge is 0.325 e. The van der Waals surface area contributed by atoms with Crippen molar-refractivity contribution in [2.24, 2.45) is 5.92 Å². The van der Waals surface area contributed by atoms with E-state index in [1.165, 1.54) is 0 Å². The summed E-state index contributed by atoms with van der Waals surface area (Å²) in [5.74, 6) is 0.0660. The van der Waals surface area contributed by atoms with Crippen LogP contribution in [0.4, 0.5) is 5.69 Å². The van der Waals surface area contributed by atoms with Gasteiger partial charge in [-0.15, -0.1) is 0 Å². The van der Waals surface area contributed by atoms with E-state index in [1.54, 1.807) is 25.1 Å². The molecule has 0 radical (unpaired) electrons. The first-order chi connectivity index (χ1) is 9.38. The molecular weight excluding hydrogens is 276 g/mol. The van der Waals surface area contributed by atoms with E-state index in [0.717, 1.165) is 18.4 Å². The van der Waals surface area contributed by atoms with Crippen LogP contribution in [0.3, 0.4) is 0 Å². The second-order valence-corrected chi connectivity index (χ2v) is 7.42. The van der Waals surface area contributed by atoms with Gasteiger partial charge in [-0.2, -0.15) is 0 Å².